The van der Waals surface area contributed by atoms with E-state index in [-0.39, 0.29) is 10.8 Å². The number of ether oxygens (including phenoxy) is 1. The minimum atomic E-state index is 0.134. The Labute approximate surface area is 205 Å². The fourth-order valence-electron chi connectivity index (χ4n) is 5.38. The molecule has 34 heavy (non-hydrogen) atoms. The second-order valence-electron chi connectivity index (χ2n) is 12.7. The summed E-state index contributed by atoms with van der Waals surface area (Å²) in [5, 5.41) is 4.98. The van der Waals surface area contributed by atoms with Crippen LogP contribution in [0.2, 0.25) is 0 Å². The number of rotatable bonds is 2. The summed E-state index contributed by atoms with van der Waals surface area (Å²) >= 11 is 0. The molecule has 1 aromatic heterocycles. The number of aryl methyl sites for hydroxylation is 1. The zero-order valence-electron chi connectivity index (χ0n) is 22.2. The highest BCUT2D eigenvalue weighted by molar-refractivity contribution is 6.52. The van der Waals surface area contributed by atoms with Crippen LogP contribution in [0.5, 0.6) is 11.5 Å². The highest BCUT2D eigenvalue weighted by Crippen LogP contribution is 2.50. The van der Waals surface area contributed by atoms with E-state index in [4.69, 9.17) is 9.72 Å². The summed E-state index contributed by atoms with van der Waals surface area (Å²) in [4.78, 5) is 5.16. The summed E-state index contributed by atoms with van der Waals surface area (Å²) in [6.45, 7) is 16.0. The second kappa shape index (κ2) is 7.63. The van der Waals surface area contributed by atoms with Gasteiger partial charge in [0.1, 0.15) is 19.3 Å². The highest BCUT2D eigenvalue weighted by atomic mass is 16.5. The van der Waals surface area contributed by atoms with Crippen molar-refractivity contribution < 1.29 is 4.74 Å². The predicted molar refractivity (Wildman–Crippen MR) is 152 cm³/mol. The molecule has 0 N–H and O–H groups in total. The number of pyridine rings is 1. The molecule has 0 bridgehead atoms. The highest BCUT2D eigenvalue weighted by Gasteiger charge is 2.29. The normalized spacial score (nSPS) is 13.3. The van der Waals surface area contributed by atoms with Crippen LogP contribution in [0.1, 0.15) is 58.2 Å². The summed E-state index contributed by atoms with van der Waals surface area (Å²) in [6.07, 6.45) is 1.95. The Kier molecular flexibility index (Phi) is 5.17. The Morgan fingerprint density at radius 1 is 0.853 bits per heavy atom. The fourth-order valence-corrected chi connectivity index (χ4v) is 5.38. The number of aromatic nitrogens is 1. The molecular formula is C30H35B2NO. The van der Waals surface area contributed by atoms with E-state index in [1.807, 2.05) is 0 Å². The standard InChI is InChI=1S/C30H35B2NO/c1-16-8-9-18-13-21-26-24-20(25(31)28(32)33-26)11-17(14-29(2,3)4)12-23(24)34-27(21)22(19(18)10-16)15-30(5,6)7/h8-13H,14-15,31-32H2,1-7H3. The lowest BCUT2D eigenvalue weighted by Gasteiger charge is -2.29. The van der Waals surface area contributed by atoms with Crippen LogP contribution in [0.3, 0.4) is 0 Å². The molecule has 172 valence electrons. The maximum Gasteiger partial charge on any atom is 0.163 e. The van der Waals surface area contributed by atoms with Crippen molar-refractivity contribution in [2.24, 2.45) is 10.8 Å². The molecule has 2 nitrogen and oxygen atoms in total. The van der Waals surface area contributed by atoms with Crippen LogP contribution in [0, 0.1) is 17.8 Å². The second-order valence-corrected chi connectivity index (χ2v) is 12.7. The van der Waals surface area contributed by atoms with Crippen LogP contribution in [0.4, 0.5) is 0 Å². The zero-order valence-corrected chi connectivity index (χ0v) is 22.2. The molecule has 0 aliphatic carbocycles. The van der Waals surface area contributed by atoms with E-state index in [9.17, 15) is 0 Å². The van der Waals surface area contributed by atoms with Crippen LogP contribution in [-0.4, -0.2) is 20.7 Å². The van der Waals surface area contributed by atoms with Gasteiger partial charge in [-0.3, -0.25) is 4.98 Å². The SMILES string of the molecule is Bc1nc2c3c(cc(CC(C)(C)C)cc3c1B)Oc1c-2cc2ccc(C)cc2c1CC(C)(C)C. The van der Waals surface area contributed by atoms with E-state index >= 15 is 0 Å². The van der Waals surface area contributed by atoms with E-state index in [1.54, 1.807) is 0 Å². The number of benzene rings is 3. The van der Waals surface area contributed by atoms with E-state index in [1.165, 1.54) is 38.3 Å². The van der Waals surface area contributed by atoms with Gasteiger partial charge in [0.2, 0.25) is 0 Å². The smallest absolute Gasteiger partial charge is 0.163 e. The topological polar surface area (TPSA) is 22.1 Å². The fraction of sp³-hybridized carbons (Fsp3) is 0.367. The maximum atomic E-state index is 6.88. The summed E-state index contributed by atoms with van der Waals surface area (Å²) in [5.41, 5.74) is 8.76. The van der Waals surface area contributed by atoms with Crippen molar-refractivity contribution in [1.82, 2.24) is 4.98 Å². The molecule has 4 aromatic rings. The van der Waals surface area contributed by atoms with Gasteiger partial charge >= 0.3 is 0 Å². The van der Waals surface area contributed by atoms with Crippen LogP contribution in [-0.2, 0) is 12.8 Å². The van der Waals surface area contributed by atoms with Gasteiger partial charge in [-0.1, -0.05) is 76.8 Å². The minimum absolute atomic E-state index is 0.134. The molecule has 3 aromatic carbocycles. The molecule has 0 unspecified atom stereocenters. The molecule has 0 saturated heterocycles. The lowest BCUT2D eigenvalue weighted by molar-refractivity contribution is 0.398. The van der Waals surface area contributed by atoms with Gasteiger partial charge in [-0.15, -0.1) is 0 Å². The van der Waals surface area contributed by atoms with Crippen molar-refractivity contribution in [2.75, 3.05) is 0 Å². The van der Waals surface area contributed by atoms with Gasteiger partial charge in [0.05, 0.1) is 11.1 Å². The summed E-state index contributed by atoms with van der Waals surface area (Å²) in [7, 11) is 4.33. The van der Waals surface area contributed by atoms with Crippen LogP contribution in [0.15, 0.2) is 36.4 Å². The number of nitrogens with zero attached hydrogens (tertiary/aromatic N) is 1. The Morgan fingerprint density at radius 2 is 1.56 bits per heavy atom. The Morgan fingerprint density at radius 3 is 2.24 bits per heavy atom. The summed E-state index contributed by atoms with van der Waals surface area (Å²) < 4.78 is 6.88. The molecule has 0 atom stereocenters. The molecular weight excluding hydrogens is 412 g/mol. The maximum absolute atomic E-state index is 6.88. The van der Waals surface area contributed by atoms with Gasteiger partial charge in [-0.25, -0.2) is 0 Å². The number of hydrogen-bond donors (Lipinski definition) is 0. The molecule has 0 saturated carbocycles. The first-order chi connectivity index (χ1) is 15.8. The molecule has 0 amide bonds. The van der Waals surface area contributed by atoms with Gasteiger partial charge in [-0.2, -0.15) is 0 Å². The molecule has 0 fully saturated rings. The first-order valence-electron chi connectivity index (χ1n) is 12.5. The van der Waals surface area contributed by atoms with Gasteiger partial charge in [0, 0.05) is 11.1 Å². The number of fused-ring (bicyclic) bond motifs is 3. The average Bonchev–Trinajstić information content (AvgIpc) is 2.70. The van der Waals surface area contributed by atoms with Crippen LogP contribution >= 0.6 is 0 Å². The molecule has 0 radical (unpaired) electrons. The predicted octanol–water partition coefficient (Wildman–Crippen LogP) is 5.16. The largest absolute Gasteiger partial charge is 0.456 e. The summed E-state index contributed by atoms with van der Waals surface area (Å²) in [5.74, 6) is 1.95. The lowest BCUT2D eigenvalue weighted by atomic mass is 9.78. The molecule has 4 heteroatoms. The van der Waals surface area contributed by atoms with Crippen molar-refractivity contribution in [3.05, 3.63) is 53.1 Å². The van der Waals surface area contributed by atoms with Crippen molar-refractivity contribution in [3.8, 4) is 22.8 Å². The third-order valence-corrected chi connectivity index (χ3v) is 6.89. The molecule has 2 heterocycles. The van der Waals surface area contributed by atoms with E-state index in [2.05, 4.69) is 101 Å². The lowest BCUT2D eigenvalue weighted by Crippen LogP contribution is -2.31. The van der Waals surface area contributed by atoms with Gasteiger partial charge in [-0.05, 0) is 70.0 Å². The summed E-state index contributed by atoms with van der Waals surface area (Å²) in [6, 6.07) is 13.7. The van der Waals surface area contributed by atoms with E-state index < -0.39 is 0 Å². The Hall–Kier alpha value is -2.74. The van der Waals surface area contributed by atoms with Gasteiger partial charge < -0.3 is 4.74 Å². The van der Waals surface area contributed by atoms with Crippen molar-refractivity contribution in [1.29, 1.82) is 0 Å². The van der Waals surface area contributed by atoms with Gasteiger partial charge in [0.15, 0.2) is 7.85 Å². The third kappa shape index (κ3) is 4.02. The Balaban J connectivity index is 1.87. The first-order valence-corrected chi connectivity index (χ1v) is 12.5. The monoisotopic (exact) mass is 447 g/mol. The average molecular weight is 447 g/mol. The van der Waals surface area contributed by atoms with Crippen molar-refractivity contribution >= 4 is 48.3 Å². The first kappa shape index (κ1) is 23.0. The van der Waals surface area contributed by atoms with Crippen LogP contribution < -0.4 is 15.8 Å². The van der Waals surface area contributed by atoms with Crippen LogP contribution in [0.25, 0.3) is 32.8 Å². The zero-order chi connectivity index (χ0) is 24.6. The Bertz CT molecular complexity index is 1470. The molecule has 5 rings (SSSR count). The van der Waals surface area contributed by atoms with Crippen molar-refractivity contribution in [3.63, 3.8) is 0 Å². The molecule has 1 aliphatic heterocycles. The third-order valence-electron chi connectivity index (χ3n) is 6.89. The van der Waals surface area contributed by atoms with E-state index in [0.717, 1.165) is 46.6 Å². The minimum Gasteiger partial charge on any atom is -0.456 e. The number of hydrogen-bond acceptors (Lipinski definition) is 2. The quantitative estimate of drug-likeness (QED) is 0.349. The van der Waals surface area contributed by atoms with Crippen molar-refractivity contribution in [2.45, 2.75) is 61.3 Å². The molecule has 1 aliphatic rings. The van der Waals surface area contributed by atoms with Gasteiger partial charge in [0.25, 0.3) is 0 Å². The molecule has 0 spiro atoms. The van der Waals surface area contributed by atoms with E-state index in [0.29, 0.717) is 0 Å².